The number of hydrogen-bond donors (Lipinski definition) is 2. The number of carbonyl (C=O) groups excluding carboxylic acids is 1. The van der Waals surface area contributed by atoms with E-state index in [0.29, 0.717) is 0 Å². The fourth-order valence-electron chi connectivity index (χ4n) is 1.44. The summed E-state index contributed by atoms with van der Waals surface area (Å²) < 4.78 is 25.9. The lowest BCUT2D eigenvalue weighted by molar-refractivity contribution is -0.122. The molecule has 1 rings (SSSR count). The first-order valence-electron chi connectivity index (χ1n) is 4.61. The molecule has 1 unspecified atom stereocenters. The molecule has 0 saturated carbocycles. The van der Waals surface area contributed by atoms with Gasteiger partial charge in [-0.3, -0.25) is 10.2 Å². The van der Waals surface area contributed by atoms with E-state index in [9.17, 15) is 13.6 Å². The van der Waals surface area contributed by atoms with Gasteiger partial charge in [-0.05, 0) is 24.1 Å². The standard InChI is InChI=1S/C10H11ClF2N2O/c11-2-1-9(10(16)15-14)6-3-7(12)5-8(13)4-6/h3-5,9H,1-2,14H2,(H,15,16). The zero-order valence-corrected chi connectivity index (χ0v) is 9.10. The molecule has 88 valence electrons. The summed E-state index contributed by atoms with van der Waals surface area (Å²) in [5.41, 5.74) is 2.17. The van der Waals surface area contributed by atoms with Crippen molar-refractivity contribution in [3.8, 4) is 0 Å². The highest BCUT2D eigenvalue weighted by atomic mass is 35.5. The Morgan fingerprint density at radius 2 is 1.94 bits per heavy atom. The SMILES string of the molecule is NNC(=O)C(CCCl)c1cc(F)cc(F)c1. The first-order chi connectivity index (χ1) is 7.58. The fraction of sp³-hybridized carbons (Fsp3) is 0.300. The first-order valence-corrected chi connectivity index (χ1v) is 5.14. The summed E-state index contributed by atoms with van der Waals surface area (Å²) >= 11 is 5.52. The minimum atomic E-state index is -0.743. The smallest absolute Gasteiger partial charge is 0.241 e. The van der Waals surface area contributed by atoms with Crippen molar-refractivity contribution in [2.45, 2.75) is 12.3 Å². The maximum Gasteiger partial charge on any atom is 0.241 e. The minimum Gasteiger partial charge on any atom is -0.294 e. The summed E-state index contributed by atoms with van der Waals surface area (Å²) in [6, 6.07) is 2.92. The third-order valence-corrected chi connectivity index (χ3v) is 2.36. The molecule has 1 aromatic rings. The van der Waals surface area contributed by atoms with Crippen LogP contribution in [0.2, 0.25) is 0 Å². The van der Waals surface area contributed by atoms with Gasteiger partial charge < -0.3 is 0 Å². The van der Waals surface area contributed by atoms with Crippen molar-refractivity contribution in [1.29, 1.82) is 0 Å². The topological polar surface area (TPSA) is 55.1 Å². The van der Waals surface area contributed by atoms with Crippen LogP contribution in [0.4, 0.5) is 8.78 Å². The highest BCUT2D eigenvalue weighted by Crippen LogP contribution is 2.22. The van der Waals surface area contributed by atoms with Crippen LogP contribution >= 0.6 is 11.6 Å². The van der Waals surface area contributed by atoms with Gasteiger partial charge in [-0.25, -0.2) is 14.6 Å². The third kappa shape index (κ3) is 3.15. The monoisotopic (exact) mass is 248 g/mol. The second-order valence-corrected chi connectivity index (χ2v) is 3.62. The van der Waals surface area contributed by atoms with Crippen molar-refractivity contribution in [3.05, 3.63) is 35.4 Å². The Balaban J connectivity index is 3.04. The van der Waals surface area contributed by atoms with Crippen LogP contribution in [-0.2, 0) is 4.79 Å². The van der Waals surface area contributed by atoms with Crippen molar-refractivity contribution >= 4 is 17.5 Å². The fourth-order valence-corrected chi connectivity index (χ4v) is 1.65. The van der Waals surface area contributed by atoms with E-state index in [2.05, 4.69) is 0 Å². The van der Waals surface area contributed by atoms with Crippen LogP contribution in [0.15, 0.2) is 18.2 Å². The van der Waals surface area contributed by atoms with Crippen LogP contribution in [0.25, 0.3) is 0 Å². The van der Waals surface area contributed by atoms with Crippen LogP contribution in [-0.4, -0.2) is 11.8 Å². The van der Waals surface area contributed by atoms with Crippen molar-refractivity contribution in [3.63, 3.8) is 0 Å². The number of hydrazine groups is 1. The van der Waals surface area contributed by atoms with E-state index >= 15 is 0 Å². The summed E-state index contributed by atoms with van der Waals surface area (Å²) in [6.45, 7) is 0. The van der Waals surface area contributed by atoms with Crippen molar-refractivity contribution < 1.29 is 13.6 Å². The number of carbonyl (C=O) groups is 1. The van der Waals surface area contributed by atoms with E-state index in [1.807, 2.05) is 5.43 Å². The molecule has 1 amide bonds. The average Bonchev–Trinajstić information content (AvgIpc) is 2.23. The molecule has 0 aliphatic heterocycles. The molecule has 1 atom stereocenters. The molecular weight excluding hydrogens is 238 g/mol. The van der Waals surface area contributed by atoms with Crippen molar-refractivity contribution in [1.82, 2.24) is 5.43 Å². The molecular formula is C10H11ClF2N2O. The molecule has 1 aromatic carbocycles. The summed E-state index contributed by atoms with van der Waals surface area (Å²) in [6.07, 6.45) is 0.257. The predicted molar refractivity (Wildman–Crippen MR) is 56.8 cm³/mol. The van der Waals surface area contributed by atoms with Gasteiger partial charge in [-0.2, -0.15) is 0 Å². The maximum atomic E-state index is 13.0. The van der Waals surface area contributed by atoms with E-state index in [1.54, 1.807) is 0 Å². The number of hydrogen-bond acceptors (Lipinski definition) is 2. The molecule has 3 nitrogen and oxygen atoms in total. The van der Waals surface area contributed by atoms with Crippen LogP contribution in [0, 0.1) is 11.6 Å². The summed E-state index contributed by atoms with van der Waals surface area (Å²) in [5.74, 6) is 2.44. The molecule has 6 heteroatoms. The van der Waals surface area contributed by atoms with Gasteiger partial charge in [0.05, 0.1) is 5.92 Å². The molecule has 0 bridgehead atoms. The zero-order chi connectivity index (χ0) is 12.1. The number of rotatable bonds is 4. The Bertz CT molecular complexity index is 367. The Labute approximate surface area is 96.5 Å². The largest absolute Gasteiger partial charge is 0.294 e. The molecule has 0 heterocycles. The lowest BCUT2D eigenvalue weighted by Crippen LogP contribution is -2.35. The van der Waals surface area contributed by atoms with E-state index < -0.39 is 23.5 Å². The van der Waals surface area contributed by atoms with Crippen LogP contribution in [0.1, 0.15) is 17.9 Å². The van der Waals surface area contributed by atoms with Crippen LogP contribution in [0.3, 0.4) is 0 Å². The number of halogens is 3. The van der Waals surface area contributed by atoms with E-state index in [1.165, 1.54) is 0 Å². The number of benzene rings is 1. The highest BCUT2D eigenvalue weighted by Gasteiger charge is 2.20. The van der Waals surface area contributed by atoms with Gasteiger partial charge in [0.15, 0.2) is 0 Å². The molecule has 3 N–H and O–H groups in total. The van der Waals surface area contributed by atoms with Gasteiger partial charge in [0.2, 0.25) is 5.91 Å². The Hall–Kier alpha value is -1.20. The molecule has 0 aromatic heterocycles. The third-order valence-electron chi connectivity index (χ3n) is 2.14. The van der Waals surface area contributed by atoms with E-state index in [0.717, 1.165) is 18.2 Å². The predicted octanol–water partition coefficient (Wildman–Crippen LogP) is 1.67. The quantitative estimate of drug-likeness (QED) is 0.369. The van der Waals surface area contributed by atoms with Gasteiger partial charge in [0, 0.05) is 11.9 Å². The van der Waals surface area contributed by atoms with Gasteiger partial charge in [-0.1, -0.05) is 0 Å². The minimum absolute atomic E-state index is 0.191. The zero-order valence-electron chi connectivity index (χ0n) is 8.34. The molecule has 16 heavy (non-hydrogen) atoms. The molecule has 0 fully saturated rings. The first kappa shape index (κ1) is 12.9. The average molecular weight is 249 g/mol. The van der Waals surface area contributed by atoms with E-state index in [-0.39, 0.29) is 17.9 Å². The van der Waals surface area contributed by atoms with Crippen LogP contribution < -0.4 is 11.3 Å². The highest BCUT2D eigenvalue weighted by molar-refractivity contribution is 6.18. The second-order valence-electron chi connectivity index (χ2n) is 3.24. The van der Waals surface area contributed by atoms with Gasteiger partial charge >= 0.3 is 0 Å². The number of nitrogens with two attached hydrogens (primary N) is 1. The number of amides is 1. The summed E-state index contributed by atoms with van der Waals surface area (Å²) in [7, 11) is 0. The molecule has 0 aliphatic carbocycles. The molecule has 0 saturated heterocycles. The van der Waals surface area contributed by atoms with Crippen molar-refractivity contribution in [2.75, 3.05) is 5.88 Å². The van der Waals surface area contributed by atoms with Gasteiger partial charge in [-0.15, -0.1) is 11.6 Å². The molecule has 0 spiro atoms. The Morgan fingerprint density at radius 3 is 2.38 bits per heavy atom. The summed E-state index contributed by atoms with van der Waals surface area (Å²) in [5, 5.41) is 0. The van der Waals surface area contributed by atoms with Gasteiger partial charge in [0.1, 0.15) is 11.6 Å². The Kier molecular flexibility index (Phi) is 4.64. The molecule has 0 aliphatic rings. The van der Waals surface area contributed by atoms with Crippen molar-refractivity contribution in [2.24, 2.45) is 5.84 Å². The lowest BCUT2D eigenvalue weighted by Gasteiger charge is -2.14. The summed E-state index contributed by atoms with van der Waals surface area (Å²) in [4.78, 5) is 11.4. The second kappa shape index (κ2) is 5.77. The normalized spacial score (nSPS) is 12.2. The van der Waals surface area contributed by atoms with Gasteiger partial charge in [0.25, 0.3) is 0 Å². The lowest BCUT2D eigenvalue weighted by atomic mass is 9.95. The number of alkyl halides is 1. The van der Waals surface area contributed by atoms with E-state index in [4.69, 9.17) is 17.4 Å². The Morgan fingerprint density at radius 1 is 1.38 bits per heavy atom. The van der Waals surface area contributed by atoms with Crippen LogP contribution in [0.5, 0.6) is 0 Å². The number of nitrogens with one attached hydrogen (secondary N) is 1. The molecule has 0 radical (unpaired) electrons. The maximum absolute atomic E-state index is 13.0.